The van der Waals surface area contributed by atoms with E-state index in [0.29, 0.717) is 17.7 Å². The highest BCUT2D eigenvalue weighted by atomic mass is 16.3. The third kappa shape index (κ3) is 5.72. The quantitative estimate of drug-likeness (QED) is 0.726. The van der Waals surface area contributed by atoms with Crippen LogP contribution in [0.2, 0.25) is 0 Å². The maximum atomic E-state index is 12.1. The highest BCUT2D eigenvalue weighted by Crippen LogP contribution is 2.16. The van der Waals surface area contributed by atoms with Gasteiger partial charge in [-0.15, -0.1) is 0 Å². The van der Waals surface area contributed by atoms with E-state index in [-0.39, 0.29) is 11.7 Å². The van der Waals surface area contributed by atoms with Crippen LogP contribution < -0.4 is 5.32 Å². The van der Waals surface area contributed by atoms with Crippen LogP contribution >= 0.6 is 0 Å². The van der Waals surface area contributed by atoms with Gasteiger partial charge in [0, 0.05) is 30.4 Å². The number of phenols is 1. The molecule has 0 fully saturated rings. The Morgan fingerprint density at radius 3 is 2.44 bits per heavy atom. The van der Waals surface area contributed by atoms with E-state index in [1.165, 1.54) is 0 Å². The maximum absolute atomic E-state index is 12.1. The van der Waals surface area contributed by atoms with Gasteiger partial charge in [-0.05, 0) is 49.5 Å². The molecule has 5 nitrogen and oxygen atoms in total. The number of para-hydroxylation sites is 1. The topological polar surface area (TPSA) is 64.9 Å². The minimum absolute atomic E-state index is 0.0802. The molecule has 0 saturated carbocycles. The summed E-state index contributed by atoms with van der Waals surface area (Å²) in [5.74, 6) is 0.110. The van der Waals surface area contributed by atoms with Gasteiger partial charge in [0.05, 0.1) is 5.69 Å². The van der Waals surface area contributed by atoms with Gasteiger partial charge in [0.15, 0.2) is 0 Å². The Hall–Kier alpha value is -2.66. The zero-order chi connectivity index (χ0) is 18.1. The summed E-state index contributed by atoms with van der Waals surface area (Å²) in [6.45, 7) is 7.67. The number of aliphatic imine (C=N–C) groups is 1. The second-order valence-corrected chi connectivity index (χ2v) is 5.65. The number of rotatable bonds is 8. The first-order valence-electron chi connectivity index (χ1n) is 8.56. The van der Waals surface area contributed by atoms with Crippen molar-refractivity contribution in [1.82, 2.24) is 10.2 Å². The summed E-state index contributed by atoms with van der Waals surface area (Å²) in [6.07, 6.45) is 1.61. The summed E-state index contributed by atoms with van der Waals surface area (Å²) in [5, 5.41) is 12.6. The van der Waals surface area contributed by atoms with Gasteiger partial charge in [0.2, 0.25) is 0 Å². The first kappa shape index (κ1) is 18.7. The van der Waals surface area contributed by atoms with Crippen molar-refractivity contribution < 1.29 is 9.90 Å². The first-order chi connectivity index (χ1) is 12.1. The molecule has 0 aliphatic carbocycles. The molecule has 0 aromatic heterocycles. The van der Waals surface area contributed by atoms with Crippen molar-refractivity contribution in [3.8, 4) is 5.75 Å². The molecule has 2 aromatic carbocycles. The maximum Gasteiger partial charge on any atom is 0.251 e. The Labute approximate surface area is 149 Å². The summed E-state index contributed by atoms with van der Waals surface area (Å²) in [5.41, 5.74) is 1.99. The summed E-state index contributed by atoms with van der Waals surface area (Å²) in [4.78, 5) is 18.7. The lowest BCUT2D eigenvalue weighted by molar-refractivity contribution is 0.0949. The summed E-state index contributed by atoms with van der Waals surface area (Å²) < 4.78 is 0. The number of hydrogen-bond acceptors (Lipinski definition) is 4. The van der Waals surface area contributed by atoms with E-state index < -0.39 is 0 Å². The Morgan fingerprint density at radius 2 is 1.80 bits per heavy atom. The van der Waals surface area contributed by atoms with E-state index in [2.05, 4.69) is 29.1 Å². The Balaban J connectivity index is 1.91. The number of benzene rings is 2. The minimum atomic E-state index is -0.0802. The number of aromatic hydroxyl groups is 1. The summed E-state index contributed by atoms with van der Waals surface area (Å²) in [7, 11) is 0. The van der Waals surface area contributed by atoms with Gasteiger partial charge in [-0.3, -0.25) is 9.79 Å². The van der Waals surface area contributed by atoms with Crippen LogP contribution in [0.1, 0.15) is 29.8 Å². The highest BCUT2D eigenvalue weighted by Gasteiger charge is 2.06. The first-order valence-corrected chi connectivity index (χ1v) is 8.56. The predicted molar refractivity (Wildman–Crippen MR) is 102 cm³/mol. The van der Waals surface area contributed by atoms with Crippen molar-refractivity contribution in [3.63, 3.8) is 0 Å². The average molecular weight is 339 g/mol. The van der Waals surface area contributed by atoms with Crippen molar-refractivity contribution in [1.29, 1.82) is 0 Å². The van der Waals surface area contributed by atoms with Crippen molar-refractivity contribution in [2.24, 2.45) is 4.99 Å². The van der Waals surface area contributed by atoms with Gasteiger partial charge < -0.3 is 15.3 Å². The molecule has 0 aliphatic heterocycles. The Kier molecular flexibility index (Phi) is 7.16. The van der Waals surface area contributed by atoms with Crippen LogP contribution in [0.4, 0.5) is 5.69 Å². The van der Waals surface area contributed by atoms with Crippen molar-refractivity contribution in [3.05, 3.63) is 59.7 Å². The van der Waals surface area contributed by atoms with E-state index in [1.807, 2.05) is 6.07 Å². The van der Waals surface area contributed by atoms with Crippen LogP contribution in [-0.2, 0) is 0 Å². The molecule has 2 rings (SSSR count). The van der Waals surface area contributed by atoms with Gasteiger partial charge in [-0.25, -0.2) is 0 Å². The lowest BCUT2D eigenvalue weighted by Gasteiger charge is -2.17. The van der Waals surface area contributed by atoms with Gasteiger partial charge in [0.1, 0.15) is 5.75 Å². The number of carbonyl (C=O) groups is 1. The van der Waals surface area contributed by atoms with E-state index in [0.717, 1.165) is 25.3 Å². The SMILES string of the molecule is CCN(CC)CCNC(=O)c1ccc(N=Cc2ccccc2O)cc1. The van der Waals surface area contributed by atoms with Crippen LogP contribution in [0.3, 0.4) is 0 Å². The van der Waals surface area contributed by atoms with E-state index in [9.17, 15) is 9.90 Å². The second-order valence-electron chi connectivity index (χ2n) is 5.65. The van der Waals surface area contributed by atoms with Crippen LogP contribution in [0.15, 0.2) is 53.5 Å². The molecule has 25 heavy (non-hydrogen) atoms. The molecule has 1 amide bonds. The smallest absolute Gasteiger partial charge is 0.251 e. The number of hydrogen-bond donors (Lipinski definition) is 2. The number of phenolic OH excluding ortho intramolecular Hbond substituents is 1. The fourth-order valence-electron chi connectivity index (χ4n) is 2.41. The molecule has 0 atom stereocenters. The second kappa shape index (κ2) is 9.59. The highest BCUT2D eigenvalue weighted by molar-refractivity contribution is 5.94. The number of likely N-dealkylation sites (N-methyl/N-ethyl adjacent to an activating group) is 1. The largest absolute Gasteiger partial charge is 0.507 e. The molecule has 0 saturated heterocycles. The number of amides is 1. The number of carbonyl (C=O) groups excluding carboxylic acids is 1. The van der Waals surface area contributed by atoms with Gasteiger partial charge in [-0.1, -0.05) is 26.0 Å². The normalized spacial score (nSPS) is 11.2. The standard InChI is InChI=1S/C20H25N3O2/c1-3-23(4-2)14-13-21-20(25)16-9-11-18(12-10-16)22-15-17-7-5-6-8-19(17)24/h5-12,15,24H,3-4,13-14H2,1-2H3,(H,21,25). The molecule has 2 N–H and O–H groups in total. The third-order valence-electron chi connectivity index (χ3n) is 4.03. The zero-order valence-corrected chi connectivity index (χ0v) is 14.8. The molecular formula is C20H25N3O2. The van der Waals surface area contributed by atoms with Crippen molar-refractivity contribution in [2.75, 3.05) is 26.2 Å². The van der Waals surface area contributed by atoms with Crippen molar-refractivity contribution in [2.45, 2.75) is 13.8 Å². The monoisotopic (exact) mass is 339 g/mol. The Morgan fingerprint density at radius 1 is 1.12 bits per heavy atom. The molecule has 2 aromatic rings. The lowest BCUT2D eigenvalue weighted by atomic mass is 10.2. The molecule has 0 radical (unpaired) electrons. The summed E-state index contributed by atoms with van der Waals surface area (Å²) in [6, 6.07) is 14.1. The zero-order valence-electron chi connectivity index (χ0n) is 14.8. The van der Waals surface area contributed by atoms with Crippen LogP contribution in [0.25, 0.3) is 0 Å². The average Bonchev–Trinajstić information content (AvgIpc) is 2.65. The number of nitrogens with zero attached hydrogens (tertiary/aromatic N) is 2. The van der Waals surface area contributed by atoms with Crippen molar-refractivity contribution >= 4 is 17.8 Å². The van der Waals surface area contributed by atoms with E-state index >= 15 is 0 Å². The fraction of sp³-hybridized carbons (Fsp3) is 0.300. The van der Waals surface area contributed by atoms with E-state index in [1.54, 1.807) is 48.7 Å². The number of nitrogens with one attached hydrogen (secondary N) is 1. The predicted octanol–water partition coefficient (Wildman–Crippen LogP) is 3.21. The minimum Gasteiger partial charge on any atom is -0.507 e. The molecular weight excluding hydrogens is 314 g/mol. The fourth-order valence-corrected chi connectivity index (χ4v) is 2.41. The van der Waals surface area contributed by atoms with Gasteiger partial charge in [-0.2, -0.15) is 0 Å². The molecule has 0 spiro atoms. The summed E-state index contributed by atoms with van der Waals surface area (Å²) >= 11 is 0. The van der Waals surface area contributed by atoms with Crippen LogP contribution in [0, 0.1) is 0 Å². The van der Waals surface area contributed by atoms with E-state index in [4.69, 9.17) is 0 Å². The molecule has 0 aliphatic rings. The third-order valence-corrected chi connectivity index (χ3v) is 4.03. The molecule has 132 valence electrons. The molecule has 0 bridgehead atoms. The van der Waals surface area contributed by atoms with Crippen LogP contribution in [-0.4, -0.2) is 48.3 Å². The molecule has 5 heteroatoms. The van der Waals surface area contributed by atoms with Gasteiger partial charge >= 0.3 is 0 Å². The Bertz CT molecular complexity index is 707. The van der Waals surface area contributed by atoms with Gasteiger partial charge in [0.25, 0.3) is 5.91 Å². The van der Waals surface area contributed by atoms with Crippen LogP contribution in [0.5, 0.6) is 5.75 Å². The molecule has 0 heterocycles. The molecule has 0 unspecified atom stereocenters. The lowest BCUT2D eigenvalue weighted by Crippen LogP contribution is -2.34.